The predicted octanol–water partition coefficient (Wildman–Crippen LogP) is 0.106. The van der Waals surface area contributed by atoms with Crippen molar-refractivity contribution in [2.75, 3.05) is 32.6 Å². The number of carboxylic acids is 2. The monoisotopic (exact) mass is 384 g/mol. The number of hydrogen-bond acceptors (Lipinski definition) is 8. The largest absolute Gasteiger partial charge is 0.495 e. The van der Waals surface area contributed by atoms with E-state index >= 15 is 0 Å². The lowest BCUT2D eigenvalue weighted by Crippen LogP contribution is -2.20. The number of aromatic nitrogens is 3. The Labute approximate surface area is 153 Å². The van der Waals surface area contributed by atoms with E-state index in [2.05, 4.69) is 15.5 Å². The van der Waals surface area contributed by atoms with Crippen molar-refractivity contribution in [3.63, 3.8) is 0 Å². The molecule has 0 atom stereocenters. The third kappa shape index (κ3) is 7.09. The Hall–Kier alpha value is -2.63. The first-order chi connectivity index (χ1) is 12.5. The number of para-hydroxylation sites is 2. The smallest absolute Gasteiger partial charge is 0.414 e. The van der Waals surface area contributed by atoms with E-state index in [0.717, 1.165) is 28.9 Å². The van der Waals surface area contributed by atoms with Crippen molar-refractivity contribution in [2.24, 2.45) is 0 Å². The highest BCUT2D eigenvalue weighted by atomic mass is 32.2. The van der Waals surface area contributed by atoms with E-state index in [1.807, 2.05) is 28.8 Å². The van der Waals surface area contributed by atoms with Gasteiger partial charge in [-0.25, -0.2) is 9.59 Å². The van der Waals surface area contributed by atoms with E-state index in [4.69, 9.17) is 29.6 Å². The summed E-state index contributed by atoms with van der Waals surface area (Å²) in [6.45, 7) is 1.58. The van der Waals surface area contributed by atoms with Crippen LogP contribution in [-0.4, -0.2) is 74.6 Å². The number of rotatable bonds is 8. The summed E-state index contributed by atoms with van der Waals surface area (Å²) in [5.74, 6) is -2.01. The lowest BCUT2D eigenvalue weighted by atomic mass is 10.3. The molecule has 1 aromatic carbocycles. The maximum atomic E-state index is 9.10. The van der Waals surface area contributed by atoms with Crippen molar-refractivity contribution < 1.29 is 29.6 Å². The zero-order chi connectivity index (χ0) is 19.4. The predicted molar refractivity (Wildman–Crippen MR) is 93.9 cm³/mol. The molecule has 0 saturated heterocycles. The Morgan fingerprint density at radius 1 is 1.23 bits per heavy atom. The van der Waals surface area contributed by atoms with E-state index < -0.39 is 11.9 Å². The topological polar surface area (TPSA) is 147 Å². The minimum Gasteiger partial charge on any atom is -0.495 e. The lowest BCUT2D eigenvalue weighted by molar-refractivity contribution is -0.159. The number of thioether (sulfide) groups is 1. The molecular formula is C15H20N4O6S. The number of ether oxygens (including phenoxy) is 1. The van der Waals surface area contributed by atoms with Crippen LogP contribution in [-0.2, 0) is 9.59 Å². The summed E-state index contributed by atoms with van der Waals surface area (Å²) in [5.41, 5.74) is 0.922. The fourth-order valence-electron chi connectivity index (χ4n) is 1.74. The van der Waals surface area contributed by atoms with E-state index in [-0.39, 0.29) is 6.61 Å². The second kappa shape index (κ2) is 11.8. The number of nitrogens with zero attached hydrogens (tertiary/aromatic N) is 3. The van der Waals surface area contributed by atoms with Crippen LogP contribution in [0.1, 0.15) is 0 Å². The first kappa shape index (κ1) is 21.4. The Bertz CT molecular complexity index is 697. The van der Waals surface area contributed by atoms with Crippen LogP contribution in [0.25, 0.3) is 5.69 Å². The Balaban J connectivity index is 0.000000487. The summed E-state index contributed by atoms with van der Waals surface area (Å²) >= 11 is 1.61. The van der Waals surface area contributed by atoms with Crippen molar-refractivity contribution in [3.8, 4) is 11.4 Å². The van der Waals surface area contributed by atoms with Gasteiger partial charge in [-0.2, -0.15) is 0 Å². The average molecular weight is 384 g/mol. The lowest BCUT2D eigenvalue weighted by Gasteiger charge is -2.10. The Kier molecular flexibility index (Phi) is 9.75. The molecule has 0 unspecified atom stereocenters. The van der Waals surface area contributed by atoms with E-state index in [1.54, 1.807) is 25.2 Å². The van der Waals surface area contributed by atoms with Gasteiger partial charge in [0.1, 0.15) is 12.1 Å². The van der Waals surface area contributed by atoms with Crippen molar-refractivity contribution in [1.82, 2.24) is 20.1 Å². The number of nitrogens with one attached hydrogen (secondary N) is 1. The van der Waals surface area contributed by atoms with Crippen LogP contribution in [0.3, 0.4) is 0 Å². The third-order valence-corrected chi connectivity index (χ3v) is 3.79. The van der Waals surface area contributed by atoms with Gasteiger partial charge in [0.2, 0.25) is 0 Å². The van der Waals surface area contributed by atoms with Crippen LogP contribution in [0.5, 0.6) is 5.75 Å². The van der Waals surface area contributed by atoms with E-state index in [9.17, 15) is 0 Å². The van der Waals surface area contributed by atoms with Gasteiger partial charge in [-0.3, -0.25) is 4.57 Å². The van der Waals surface area contributed by atoms with E-state index in [1.165, 1.54) is 0 Å². The number of hydrogen-bond donors (Lipinski definition) is 4. The Morgan fingerprint density at radius 2 is 1.92 bits per heavy atom. The molecule has 0 aliphatic rings. The quantitative estimate of drug-likeness (QED) is 0.281. The summed E-state index contributed by atoms with van der Waals surface area (Å²) in [6.07, 6.45) is 1.68. The molecule has 4 N–H and O–H groups in total. The summed E-state index contributed by atoms with van der Waals surface area (Å²) < 4.78 is 7.27. The van der Waals surface area contributed by atoms with Crippen LogP contribution in [0.4, 0.5) is 0 Å². The molecule has 26 heavy (non-hydrogen) atoms. The third-order valence-electron chi connectivity index (χ3n) is 2.84. The van der Waals surface area contributed by atoms with Crippen LogP contribution in [0.15, 0.2) is 35.7 Å². The highest BCUT2D eigenvalue weighted by molar-refractivity contribution is 7.99. The fraction of sp³-hybridized carbons (Fsp3) is 0.333. The summed E-state index contributed by atoms with van der Waals surface area (Å²) in [5, 5.41) is 35.5. The molecule has 0 spiro atoms. The molecule has 10 nitrogen and oxygen atoms in total. The van der Waals surface area contributed by atoms with Crippen molar-refractivity contribution in [2.45, 2.75) is 5.16 Å². The molecule has 0 aliphatic heterocycles. The van der Waals surface area contributed by atoms with Gasteiger partial charge in [-0.05, 0) is 12.1 Å². The summed E-state index contributed by atoms with van der Waals surface area (Å²) in [4.78, 5) is 18.2. The van der Waals surface area contributed by atoms with Gasteiger partial charge in [0.05, 0.1) is 19.4 Å². The van der Waals surface area contributed by atoms with Crippen molar-refractivity contribution >= 4 is 23.7 Å². The number of carboxylic acid groups (broad SMARTS) is 2. The number of aliphatic carboxylic acids is 2. The summed E-state index contributed by atoms with van der Waals surface area (Å²) in [7, 11) is 1.65. The molecule has 1 aromatic heterocycles. The second-order valence-electron chi connectivity index (χ2n) is 4.59. The first-order valence-corrected chi connectivity index (χ1v) is 8.43. The standard InChI is InChI=1S/C13H18N4O2S.C2H2O4/c1-19-12-5-3-2-4-11(12)17-10-15-16-13(17)20-9-7-14-6-8-18;3-1(4)2(5)6/h2-5,10,14,18H,6-9H2,1H3;(H,3,4)(H,5,6). The van der Waals surface area contributed by atoms with Gasteiger partial charge in [0, 0.05) is 18.8 Å². The van der Waals surface area contributed by atoms with Crippen LogP contribution in [0, 0.1) is 0 Å². The van der Waals surface area contributed by atoms with Crippen molar-refractivity contribution in [3.05, 3.63) is 30.6 Å². The molecule has 2 rings (SSSR count). The minimum absolute atomic E-state index is 0.155. The molecule has 0 amide bonds. The molecule has 0 radical (unpaired) electrons. The first-order valence-electron chi connectivity index (χ1n) is 7.45. The maximum Gasteiger partial charge on any atom is 0.414 e. The van der Waals surface area contributed by atoms with Gasteiger partial charge < -0.3 is 25.4 Å². The van der Waals surface area contributed by atoms with Crippen LogP contribution in [0.2, 0.25) is 0 Å². The maximum absolute atomic E-state index is 9.10. The zero-order valence-electron chi connectivity index (χ0n) is 14.0. The van der Waals surface area contributed by atoms with E-state index in [0.29, 0.717) is 6.54 Å². The number of benzene rings is 1. The minimum atomic E-state index is -1.82. The summed E-state index contributed by atoms with van der Waals surface area (Å²) in [6, 6.07) is 7.76. The SMILES string of the molecule is COc1ccccc1-n1cnnc1SCCNCCO.O=C(O)C(=O)O. The number of aliphatic hydroxyl groups excluding tert-OH is 1. The molecule has 0 fully saturated rings. The number of aliphatic hydroxyl groups is 1. The number of carbonyl (C=O) groups is 2. The van der Waals surface area contributed by atoms with Gasteiger partial charge in [-0.15, -0.1) is 10.2 Å². The fourth-order valence-corrected chi connectivity index (χ4v) is 2.55. The molecule has 0 aliphatic carbocycles. The van der Waals surface area contributed by atoms with Crippen LogP contribution >= 0.6 is 11.8 Å². The highest BCUT2D eigenvalue weighted by Crippen LogP contribution is 2.26. The zero-order valence-corrected chi connectivity index (χ0v) is 14.8. The molecule has 142 valence electrons. The van der Waals surface area contributed by atoms with Gasteiger partial charge >= 0.3 is 11.9 Å². The normalized spacial score (nSPS) is 9.92. The molecule has 11 heteroatoms. The van der Waals surface area contributed by atoms with Gasteiger partial charge in [0.15, 0.2) is 5.16 Å². The average Bonchev–Trinajstić information content (AvgIpc) is 3.10. The van der Waals surface area contributed by atoms with Gasteiger partial charge in [-0.1, -0.05) is 23.9 Å². The second-order valence-corrected chi connectivity index (χ2v) is 5.65. The molecule has 0 bridgehead atoms. The number of methoxy groups -OCH3 is 1. The molecular weight excluding hydrogens is 364 g/mol. The van der Waals surface area contributed by atoms with Gasteiger partial charge in [0.25, 0.3) is 0 Å². The molecule has 2 aromatic rings. The molecule has 1 heterocycles. The molecule has 0 saturated carbocycles. The highest BCUT2D eigenvalue weighted by Gasteiger charge is 2.10. The Morgan fingerprint density at radius 3 is 2.54 bits per heavy atom. The van der Waals surface area contributed by atoms with Crippen LogP contribution < -0.4 is 10.1 Å². The van der Waals surface area contributed by atoms with Crippen molar-refractivity contribution in [1.29, 1.82) is 0 Å².